The Kier molecular flexibility index (Phi) is 20.9. The molecule has 436 valence electrons. The number of rotatable bonds is 24. The van der Waals surface area contributed by atoms with Gasteiger partial charge < -0.3 is 37.9 Å². The van der Waals surface area contributed by atoms with Crippen molar-refractivity contribution in [1.82, 2.24) is 0 Å². The lowest BCUT2D eigenvalue weighted by molar-refractivity contribution is -0.132. The van der Waals surface area contributed by atoms with E-state index in [0.29, 0.717) is 62.6 Å². The molecule has 0 aliphatic heterocycles. The highest BCUT2D eigenvalue weighted by atomic mass is 16.7. The summed E-state index contributed by atoms with van der Waals surface area (Å²) >= 11 is 0. The van der Waals surface area contributed by atoms with E-state index in [1.54, 1.807) is 0 Å². The molecule has 0 amide bonds. The highest BCUT2D eigenvalue weighted by Crippen LogP contribution is 2.49. The molecule has 10 nitrogen and oxygen atoms in total. The first-order chi connectivity index (χ1) is 39.7. The molecular formula is C72H88O10. The first-order valence-corrected chi connectivity index (χ1v) is 30.6. The minimum absolute atomic E-state index is 0.344. The number of carbonyl (C=O) groups is 2. The molecule has 0 spiro atoms. The van der Waals surface area contributed by atoms with Crippen molar-refractivity contribution in [3.63, 3.8) is 0 Å². The van der Waals surface area contributed by atoms with Gasteiger partial charge >= 0.3 is 11.9 Å². The second-order valence-corrected chi connectivity index (χ2v) is 23.6. The van der Waals surface area contributed by atoms with Crippen molar-refractivity contribution in [3.05, 3.63) is 176 Å². The Morgan fingerprint density at radius 1 is 0.463 bits per heavy atom. The fourth-order valence-corrected chi connectivity index (χ4v) is 13.0. The quantitative estimate of drug-likeness (QED) is 0.0252. The number of aryl methyl sites for hydroxylation is 4. The molecule has 0 bridgehead atoms. The zero-order valence-electron chi connectivity index (χ0n) is 50.1. The molecular weight excluding hydrogens is 1020 g/mol. The SMILES string of the molecule is CC(=O)Oc1ccc(C)cc1Cc1cc(C2(c3cc(C)c(OC(C)OCCOc4ccc(C5CCCCC5)cc4)c(Cc4cc(C)ccc4OC(C)=O)c3)CCCCC2)cc(C)c1OC(C)OCCOc1ccc(C2CCCCC2)cc1. The smallest absolute Gasteiger partial charge is 0.308 e. The van der Waals surface area contributed by atoms with E-state index in [1.807, 2.05) is 38.1 Å². The highest BCUT2D eigenvalue weighted by Gasteiger charge is 2.38. The molecule has 6 aromatic rings. The van der Waals surface area contributed by atoms with Gasteiger partial charge in [0.15, 0.2) is 12.6 Å². The fourth-order valence-electron chi connectivity index (χ4n) is 13.0. The molecule has 0 saturated heterocycles. The largest absolute Gasteiger partial charge is 0.491 e. The normalized spacial score (nSPS) is 16.4. The summed E-state index contributed by atoms with van der Waals surface area (Å²) in [4.78, 5) is 25.0. The van der Waals surface area contributed by atoms with Crippen LogP contribution in [0.4, 0.5) is 0 Å². The maximum Gasteiger partial charge on any atom is 0.308 e. The number of ether oxygens (including phenoxy) is 8. The van der Waals surface area contributed by atoms with Gasteiger partial charge in [-0.25, -0.2) is 0 Å². The average molecular weight is 1110 g/mol. The molecule has 82 heavy (non-hydrogen) atoms. The van der Waals surface area contributed by atoms with Crippen LogP contribution in [-0.4, -0.2) is 50.9 Å². The van der Waals surface area contributed by atoms with Crippen molar-refractivity contribution in [2.75, 3.05) is 26.4 Å². The molecule has 0 radical (unpaired) electrons. The lowest BCUT2D eigenvalue weighted by atomic mass is 9.64. The molecule has 10 heteroatoms. The summed E-state index contributed by atoms with van der Waals surface area (Å²) in [6.07, 6.45) is 17.8. The standard InChI is InChI=1S/C72H88O10/c1-48-22-32-68(79-52(5)73)60(40-48)44-62-46-64(42-50(3)70(62)81-54(7)75-36-38-77-66-28-24-58(25-29-66)56-18-12-9-13-19-56)72(34-16-11-17-35-72)65-43-51(4)71(63(47-65)45-61-41-49(2)23-33-69(61)80-53(6)74)82-55(8)76-37-39-78-67-30-26-59(27-31-67)57-20-14-10-15-21-57/h22-33,40-43,46-47,54-57H,9-21,34-39,44-45H2,1-8H3. The van der Waals surface area contributed by atoms with E-state index in [9.17, 15) is 9.59 Å². The third kappa shape index (κ3) is 15.9. The second kappa shape index (κ2) is 28.6. The van der Waals surface area contributed by atoms with Gasteiger partial charge in [0.05, 0.1) is 13.2 Å². The molecule has 0 heterocycles. The maximum absolute atomic E-state index is 12.5. The minimum atomic E-state index is -0.590. The third-order valence-electron chi connectivity index (χ3n) is 17.1. The van der Waals surface area contributed by atoms with Crippen molar-refractivity contribution in [2.24, 2.45) is 0 Å². The minimum Gasteiger partial charge on any atom is -0.491 e. The van der Waals surface area contributed by atoms with Gasteiger partial charge in [-0.1, -0.05) is 142 Å². The van der Waals surface area contributed by atoms with Crippen LogP contribution in [0.15, 0.2) is 109 Å². The van der Waals surface area contributed by atoms with Crippen LogP contribution in [0.5, 0.6) is 34.5 Å². The van der Waals surface area contributed by atoms with Crippen LogP contribution in [-0.2, 0) is 37.3 Å². The average Bonchev–Trinajstić information content (AvgIpc) is 3.38. The van der Waals surface area contributed by atoms with Crippen molar-refractivity contribution in [3.8, 4) is 34.5 Å². The molecule has 3 fully saturated rings. The number of hydrogen-bond acceptors (Lipinski definition) is 10. The molecule has 0 aromatic heterocycles. The van der Waals surface area contributed by atoms with Crippen LogP contribution < -0.4 is 28.4 Å². The zero-order chi connectivity index (χ0) is 57.6. The van der Waals surface area contributed by atoms with E-state index in [-0.39, 0.29) is 17.4 Å². The van der Waals surface area contributed by atoms with Crippen molar-refractivity contribution in [2.45, 2.75) is 194 Å². The van der Waals surface area contributed by atoms with Crippen LogP contribution in [0, 0.1) is 27.7 Å². The Labute approximate surface area is 488 Å². The first kappa shape index (κ1) is 60.0. The van der Waals surface area contributed by atoms with Crippen molar-refractivity contribution in [1.29, 1.82) is 0 Å². The van der Waals surface area contributed by atoms with Gasteiger partial charge in [-0.2, -0.15) is 0 Å². The first-order valence-electron chi connectivity index (χ1n) is 30.6. The highest BCUT2D eigenvalue weighted by molar-refractivity contribution is 5.71. The zero-order valence-corrected chi connectivity index (χ0v) is 50.1. The summed E-state index contributed by atoms with van der Waals surface area (Å²) in [5.74, 6) is 4.74. The van der Waals surface area contributed by atoms with E-state index in [1.165, 1.54) is 100 Å². The molecule has 6 aromatic carbocycles. The van der Waals surface area contributed by atoms with Gasteiger partial charge in [-0.3, -0.25) is 9.59 Å². The van der Waals surface area contributed by atoms with E-state index in [2.05, 4.69) is 113 Å². The summed E-state index contributed by atoms with van der Waals surface area (Å²) < 4.78 is 50.3. The Morgan fingerprint density at radius 3 is 1.24 bits per heavy atom. The summed E-state index contributed by atoms with van der Waals surface area (Å²) in [5, 5.41) is 0. The van der Waals surface area contributed by atoms with Crippen LogP contribution in [0.1, 0.15) is 203 Å². The van der Waals surface area contributed by atoms with E-state index < -0.39 is 12.6 Å². The second-order valence-electron chi connectivity index (χ2n) is 23.6. The monoisotopic (exact) mass is 1110 g/mol. The third-order valence-corrected chi connectivity index (χ3v) is 17.1. The number of esters is 2. The molecule has 2 unspecified atom stereocenters. The van der Waals surface area contributed by atoms with Crippen LogP contribution in [0.3, 0.4) is 0 Å². The van der Waals surface area contributed by atoms with E-state index in [0.717, 1.165) is 99.6 Å². The van der Waals surface area contributed by atoms with Crippen LogP contribution in [0.2, 0.25) is 0 Å². The topological polar surface area (TPSA) is 108 Å². The van der Waals surface area contributed by atoms with Gasteiger partial charge in [0, 0.05) is 32.1 Å². The van der Waals surface area contributed by atoms with Gasteiger partial charge in [-0.15, -0.1) is 0 Å². The maximum atomic E-state index is 12.5. The summed E-state index contributed by atoms with van der Waals surface area (Å²) in [6.45, 7) is 16.6. The number of hydrogen-bond donors (Lipinski definition) is 0. The predicted octanol–water partition coefficient (Wildman–Crippen LogP) is 16.9. The fraction of sp³-hybridized carbons (Fsp3) is 0.472. The van der Waals surface area contributed by atoms with Gasteiger partial charge in [0.2, 0.25) is 0 Å². The molecule has 2 atom stereocenters. The van der Waals surface area contributed by atoms with Crippen molar-refractivity contribution < 1.29 is 47.5 Å². The van der Waals surface area contributed by atoms with Gasteiger partial charge in [-0.05, 0) is 184 Å². The Morgan fingerprint density at radius 2 is 0.854 bits per heavy atom. The Bertz CT molecular complexity index is 2870. The number of carbonyl (C=O) groups excluding carboxylic acids is 2. The van der Waals surface area contributed by atoms with Gasteiger partial charge in [0.1, 0.15) is 47.7 Å². The number of benzene rings is 6. The van der Waals surface area contributed by atoms with Gasteiger partial charge in [0.25, 0.3) is 0 Å². The molecule has 3 saturated carbocycles. The molecule has 0 N–H and O–H groups in total. The lowest BCUT2D eigenvalue weighted by Gasteiger charge is -2.40. The molecule has 3 aliphatic carbocycles. The van der Waals surface area contributed by atoms with Crippen LogP contribution >= 0.6 is 0 Å². The molecule has 9 rings (SSSR count). The Balaban J connectivity index is 0.999. The predicted molar refractivity (Wildman–Crippen MR) is 324 cm³/mol. The Hall–Kier alpha value is -6.62. The summed E-state index contributed by atoms with van der Waals surface area (Å²) in [6, 6.07) is 38.3. The summed E-state index contributed by atoms with van der Waals surface area (Å²) in [7, 11) is 0. The molecule has 3 aliphatic rings. The van der Waals surface area contributed by atoms with E-state index >= 15 is 0 Å². The van der Waals surface area contributed by atoms with Crippen LogP contribution in [0.25, 0.3) is 0 Å². The van der Waals surface area contributed by atoms with Crippen molar-refractivity contribution >= 4 is 11.9 Å². The lowest BCUT2D eigenvalue weighted by Crippen LogP contribution is -2.31. The van der Waals surface area contributed by atoms with E-state index in [4.69, 9.17) is 37.9 Å². The summed E-state index contributed by atoms with van der Waals surface area (Å²) in [5.41, 5.74) is 12.6.